The molecule has 0 bridgehead atoms. The van der Waals surface area contributed by atoms with Crippen LogP contribution in [0.25, 0.3) is 0 Å². The molecule has 0 aromatic rings. The molecule has 2 saturated carbocycles. The van der Waals surface area contributed by atoms with Crippen molar-refractivity contribution in [3.63, 3.8) is 0 Å². The number of aliphatic imine (C=N–C) groups is 1. The Balaban J connectivity index is 1.57. The molecule has 0 spiro atoms. The molecule has 0 aromatic heterocycles. The SMILES string of the molecule is CCS(=O)C1CCCC(NC(=NC)NC2C3CCCOC3C2(C)C)C1. The number of ether oxygens (including phenoxy) is 1. The van der Waals surface area contributed by atoms with Gasteiger partial charge < -0.3 is 15.4 Å². The van der Waals surface area contributed by atoms with Crippen LogP contribution in [0.3, 0.4) is 0 Å². The fourth-order valence-electron chi connectivity index (χ4n) is 5.08. The van der Waals surface area contributed by atoms with Gasteiger partial charge in [0, 0.05) is 58.9 Å². The average Bonchev–Trinajstić information content (AvgIpc) is 2.64. The van der Waals surface area contributed by atoms with Crippen LogP contribution in [0.5, 0.6) is 0 Å². The first kappa shape index (κ1) is 19.2. The second kappa shape index (κ2) is 7.95. The molecule has 1 saturated heterocycles. The second-order valence-electron chi connectivity index (χ2n) is 8.41. The summed E-state index contributed by atoms with van der Waals surface area (Å²) in [7, 11) is 1.16. The molecule has 2 aliphatic carbocycles. The number of guanidine groups is 1. The van der Waals surface area contributed by atoms with Gasteiger partial charge in [-0.15, -0.1) is 0 Å². The highest BCUT2D eigenvalue weighted by atomic mass is 32.2. The summed E-state index contributed by atoms with van der Waals surface area (Å²) < 4.78 is 18.2. The maximum absolute atomic E-state index is 12.2. The van der Waals surface area contributed by atoms with Gasteiger partial charge in [0.1, 0.15) is 0 Å². The molecule has 3 aliphatic rings. The van der Waals surface area contributed by atoms with Crippen molar-refractivity contribution in [2.75, 3.05) is 19.4 Å². The molecule has 25 heavy (non-hydrogen) atoms. The summed E-state index contributed by atoms with van der Waals surface area (Å²) in [6.45, 7) is 7.52. The van der Waals surface area contributed by atoms with Gasteiger partial charge in [-0.1, -0.05) is 27.2 Å². The third-order valence-corrected chi connectivity index (χ3v) is 8.21. The van der Waals surface area contributed by atoms with Crippen LogP contribution in [0.2, 0.25) is 0 Å². The number of rotatable bonds is 4. The average molecular weight is 370 g/mol. The third-order valence-electron chi connectivity index (χ3n) is 6.47. The molecule has 144 valence electrons. The van der Waals surface area contributed by atoms with Crippen LogP contribution >= 0.6 is 0 Å². The number of nitrogens with one attached hydrogen (secondary N) is 2. The minimum atomic E-state index is -0.687. The van der Waals surface area contributed by atoms with Crippen molar-refractivity contribution in [3.8, 4) is 0 Å². The van der Waals surface area contributed by atoms with Crippen LogP contribution in [-0.4, -0.2) is 53.0 Å². The van der Waals surface area contributed by atoms with E-state index in [0.717, 1.165) is 50.4 Å². The predicted molar refractivity (Wildman–Crippen MR) is 104 cm³/mol. The fourth-order valence-corrected chi connectivity index (χ4v) is 6.43. The van der Waals surface area contributed by atoms with Gasteiger partial charge in [0.05, 0.1) is 6.10 Å². The van der Waals surface area contributed by atoms with Crippen LogP contribution in [0.1, 0.15) is 59.3 Å². The summed E-state index contributed by atoms with van der Waals surface area (Å²) in [6.07, 6.45) is 7.16. The molecule has 2 N–H and O–H groups in total. The molecular weight excluding hydrogens is 334 g/mol. The Labute approximate surface area is 155 Å². The zero-order valence-electron chi connectivity index (χ0n) is 16.2. The van der Waals surface area contributed by atoms with Gasteiger partial charge in [0.15, 0.2) is 5.96 Å². The summed E-state index contributed by atoms with van der Waals surface area (Å²) in [6, 6.07) is 0.787. The molecule has 0 radical (unpaired) electrons. The minimum Gasteiger partial charge on any atom is -0.377 e. The molecule has 6 heteroatoms. The van der Waals surface area contributed by atoms with Crippen molar-refractivity contribution in [3.05, 3.63) is 0 Å². The van der Waals surface area contributed by atoms with E-state index in [2.05, 4.69) is 29.5 Å². The van der Waals surface area contributed by atoms with Crippen molar-refractivity contribution in [2.45, 2.75) is 82.7 Å². The molecule has 6 unspecified atom stereocenters. The van der Waals surface area contributed by atoms with Gasteiger partial charge in [-0.05, 0) is 32.1 Å². The molecular formula is C19H35N3O2S. The van der Waals surface area contributed by atoms with E-state index in [-0.39, 0.29) is 5.41 Å². The van der Waals surface area contributed by atoms with Crippen LogP contribution in [0, 0.1) is 11.3 Å². The maximum Gasteiger partial charge on any atom is 0.191 e. The van der Waals surface area contributed by atoms with Crippen LogP contribution in [0.15, 0.2) is 4.99 Å². The second-order valence-corrected chi connectivity index (χ2v) is 10.4. The summed E-state index contributed by atoms with van der Waals surface area (Å²) in [4.78, 5) is 4.47. The van der Waals surface area contributed by atoms with E-state index >= 15 is 0 Å². The molecule has 1 heterocycles. The predicted octanol–water partition coefficient (Wildman–Crippen LogP) is 2.43. The Kier molecular flexibility index (Phi) is 6.09. The molecule has 0 aromatic carbocycles. The molecule has 5 nitrogen and oxygen atoms in total. The normalized spacial score (nSPS) is 39.0. The van der Waals surface area contributed by atoms with Crippen molar-refractivity contribution < 1.29 is 8.95 Å². The van der Waals surface area contributed by atoms with E-state index in [1.807, 2.05) is 14.0 Å². The third kappa shape index (κ3) is 3.90. The standard InChI is InChI=1S/C19H35N3O2S/c1-5-25(23)14-9-6-8-13(12-14)21-18(20-4)22-16-15-10-7-11-24-17(15)19(16,2)3/h13-17H,5-12H2,1-4H3,(H2,20,21,22). The highest BCUT2D eigenvalue weighted by Crippen LogP contribution is 2.51. The Hall–Kier alpha value is -0.620. The molecule has 3 rings (SSSR count). The monoisotopic (exact) mass is 369 g/mol. The van der Waals surface area contributed by atoms with Crippen molar-refractivity contribution >= 4 is 16.8 Å². The molecule has 1 aliphatic heterocycles. The van der Waals surface area contributed by atoms with Gasteiger partial charge in [0.2, 0.25) is 0 Å². The highest BCUT2D eigenvalue weighted by molar-refractivity contribution is 7.85. The van der Waals surface area contributed by atoms with E-state index in [9.17, 15) is 4.21 Å². The van der Waals surface area contributed by atoms with Gasteiger partial charge in [0.25, 0.3) is 0 Å². The van der Waals surface area contributed by atoms with Gasteiger partial charge >= 0.3 is 0 Å². The first-order valence-corrected chi connectivity index (χ1v) is 11.3. The van der Waals surface area contributed by atoms with E-state index in [4.69, 9.17) is 4.74 Å². The topological polar surface area (TPSA) is 62.7 Å². The number of hydrogen-bond donors (Lipinski definition) is 2. The Bertz CT molecular complexity index is 523. The van der Waals surface area contributed by atoms with Crippen molar-refractivity contribution in [2.24, 2.45) is 16.3 Å². The first-order valence-electron chi connectivity index (χ1n) is 9.96. The van der Waals surface area contributed by atoms with Crippen molar-refractivity contribution in [1.29, 1.82) is 0 Å². The lowest BCUT2D eigenvalue weighted by atomic mass is 9.55. The quantitative estimate of drug-likeness (QED) is 0.590. The van der Waals surface area contributed by atoms with Gasteiger partial charge in [-0.25, -0.2) is 0 Å². The Morgan fingerprint density at radius 1 is 1.24 bits per heavy atom. The van der Waals surface area contributed by atoms with Crippen LogP contribution in [-0.2, 0) is 15.5 Å². The Morgan fingerprint density at radius 3 is 2.76 bits per heavy atom. The first-order chi connectivity index (χ1) is 12.0. The summed E-state index contributed by atoms with van der Waals surface area (Å²) in [5.74, 6) is 2.26. The van der Waals surface area contributed by atoms with Gasteiger partial charge in [-0.3, -0.25) is 9.20 Å². The fraction of sp³-hybridized carbons (Fsp3) is 0.947. The zero-order valence-corrected chi connectivity index (χ0v) is 17.0. The maximum atomic E-state index is 12.2. The lowest BCUT2D eigenvalue weighted by molar-refractivity contribution is -0.188. The van der Waals surface area contributed by atoms with Crippen LogP contribution in [0.4, 0.5) is 0 Å². The summed E-state index contributed by atoms with van der Waals surface area (Å²) in [5.41, 5.74) is 0.140. The number of fused-ring (bicyclic) bond motifs is 1. The minimum absolute atomic E-state index is 0.140. The summed E-state index contributed by atoms with van der Waals surface area (Å²) >= 11 is 0. The van der Waals surface area contributed by atoms with Gasteiger partial charge in [-0.2, -0.15) is 0 Å². The number of hydrogen-bond acceptors (Lipinski definition) is 3. The Morgan fingerprint density at radius 2 is 2.04 bits per heavy atom. The van der Waals surface area contributed by atoms with Crippen molar-refractivity contribution in [1.82, 2.24) is 10.6 Å². The van der Waals surface area contributed by atoms with E-state index in [0.29, 0.717) is 29.4 Å². The zero-order chi connectivity index (χ0) is 18.0. The molecule has 6 atom stereocenters. The highest BCUT2D eigenvalue weighted by Gasteiger charge is 2.58. The van der Waals surface area contributed by atoms with Crippen LogP contribution < -0.4 is 10.6 Å². The summed E-state index contributed by atoms with van der Waals surface area (Å²) in [5, 5.41) is 7.63. The largest absolute Gasteiger partial charge is 0.377 e. The number of nitrogens with zero attached hydrogens (tertiary/aromatic N) is 1. The molecule has 0 amide bonds. The van der Waals surface area contributed by atoms with E-state index in [1.54, 1.807) is 0 Å². The lowest BCUT2D eigenvalue weighted by Gasteiger charge is -2.60. The lowest BCUT2D eigenvalue weighted by Crippen LogP contribution is -2.71. The molecule has 3 fully saturated rings. The van der Waals surface area contributed by atoms with E-state index in [1.165, 1.54) is 6.42 Å². The van der Waals surface area contributed by atoms with E-state index < -0.39 is 10.8 Å². The smallest absolute Gasteiger partial charge is 0.191 e.